The van der Waals surface area contributed by atoms with Crippen LogP contribution in [0.1, 0.15) is 18.2 Å². The monoisotopic (exact) mass is 241 g/mol. The summed E-state index contributed by atoms with van der Waals surface area (Å²) in [6.45, 7) is 3.28. The molecule has 1 aromatic heterocycles. The molecule has 0 aliphatic carbocycles. The smallest absolute Gasteiger partial charge is 0.195 e. The molecule has 0 aliphatic heterocycles. The molecule has 2 rings (SSSR count). The zero-order valence-corrected chi connectivity index (χ0v) is 9.33. The maximum Gasteiger partial charge on any atom is 0.195 e. The predicted octanol–water partition coefficient (Wildman–Crippen LogP) is 2.82. The minimum atomic E-state index is -1.36. The van der Waals surface area contributed by atoms with E-state index in [9.17, 15) is 18.0 Å². The number of aryl methyl sites for hydroxylation is 1. The third-order valence-corrected chi connectivity index (χ3v) is 2.82. The van der Waals surface area contributed by atoms with Gasteiger partial charge in [0.25, 0.3) is 0 Å². The third-order valence-electron chi connectivity index (χ3n) is 2.82. The number of halogens is 3. The SMILES string of the molecule is CCc1[nH]c2c(F)cc(F)c(F)c2c(=O)c1C. The summed E-state index contributed by atoms with van der Waals surface area (Å²) >= 11 is 0. The molecule has 0 fully saturated rings. The normalized spacial score (nSPS) is 11.1. The second-order valence-electron chi connectivity index (χ2n) is 3.82. The summed E-state index contributed by atoms with van der Waals surface area (Å²) in [7, 11) is 0. The summed E-state index contributed by atoms with van der Waals surface area (Å²) in [6, 6.07) is 0.433. The van der Waals surface area contributed by atoms with Crippen LogP contribution in [0.5, 0.6) is 0 Å². The Labute approximate surface area is 95.1 Å². The lowest BCUT2D eigenvalue weighted by Gasteiger charge is -2.08. The van der Waals surface area contributed by atoms with Gasteiger partial charge < -0.3 is 4.98 Å². The average Bonchev–Trinajstić information content (AvgIpc) is 2.29. The van der Waals surface area contributed by atoms with E-state index in [0.717, 1.165) is 0 Å². The fourth-order valence-corrected chi connectivity index (χ4v) is 1.85. The number of hydrogen-bond donors (Lipinski definition) is 1. The molecule has 1 N–H and O–H groups in total. The van der Waals surface area contributed by atoms with Crippen LogP contribution in [0.3, 0.4) is 0 Å². The molecule has 0 saturated carbocycles. The van der Waals surface area contributed by atoms with Crippen molar-refractivity contribution >= 4 is 10.9 Å². The Bertz CT molecular complexity index is 661. The molecule has 0 unspecified atom stereocenters. The predicted molar refractivity (Wildman–Crippen MR) is 58.6 cm³/mol. The van der Waals surface area contributed by atoms with Crippen molar-refractivity contribution in [1.29, 1.82) is 0 Å². The van der Waals surface area contributed by atoms with E-state index in [1.807, 2.05) is 0 Å². The van der Waals surface area contributed by atoms with Gasteiger partial charge in [-0.2, -0.15) is 0 Å². The van der Waals surface area contributed by atoms with Crippen molar-refractivity contribution in [2.24, 2.45) is 0 Å². The highest BCUT2D eigenvalue weighted by atomic mass is 19.2. The number of pyridine rings is 1. The maximum absolute atomic E-state index is 13.5. The Hall–Kier alpha value is -1.78. The van der Waals surface area contributed by atoms with Crippen molar-refractivity contribution in [2.75, 3.05) is 0 Å². The first-order valence-corrected chi connectivity index (χ1v) is 5.16. The lowest BCUT2D eigenvalue weighted by atomic mass is 10.1. The Kier molecular flexibility index (Phi) is 2.69. The number of nitrogens with one attached hydrogen (secondary N) is 1. The summed E-state index contributed by atoms with van der Waals surface area (Å²) in [6.07, 6.45) is 0.482. The molecule has 17 heavy (non-hydrogen) atoms. The first-order valence-electron chi connectivity index (χ1n) is 5.16. The van der Waals surface area contributed by atoms with Crippen LogP contribution in [-0.4, -0.2) is 4.98 Å². The molecule has 0 bridgehead atoms. The first-order chi connectivity index (χ1) is 7.97. The highest BCUT2D eigenvalue weighted by molar-refractivity contribution is 5.80. The molecule has 2 nitrogen and oxygen atoms in total. The van der Waals surface area contributed by atoms with E-state index in [2.05, 4.69) is 4.98 Å². The van der Waals surface area contributed by atoms with Crippen LogP contribution in [0.4, 0.5) is 13.2 Å². The van der Waals surface area contributed by atoms with Gasteiger partial charge in [0.05, 0.1) is 10.9 Å². The maximum atomic E-state index is 13.5. The summed E-state index contributed by atoms with van der Waals surface area (Å²) in [5.74, 6) is -3.64. The number of hydrogen-bond acceptors (Lipinski definition) is 1. The Balaban J connectivity index is 3.07. The van der Waals surface area contributed by atoms with Crippen LogP contribution in [0, 0.1) is 24.4 Å². The van der Waals surface area contributed by atoms with Gasteiger partial charge in [-0.05, 0) is 13.3 Å². The molecule has 0 aliphatic rings. The highest BCUT2D eigenvalue weighted by Gasteiger charge is 2.18. The summed E-state index contributed by atoms with van der Waals surface area (Å²) < 4.78 is 40.0. The molecular weight excluding hydrogens is 231 g/mol. The lowest BCUT2D eigenvalue weighted by molar-refractivity contribution is 0.504. The third kappa shape index (κ3) is 1.62. The minimum Gasteiger partial charge on any atom is -0.355 e. The van der Waals surface area contributed by atoms with Crippen LogP contribution in [-0.2, 0) is 6.42 Å². The Morgan fingerprint density at radius 3 is 2.47 bits per heavy atom. The van der Waals surface area contributed by atoms with Gasteiger partial charge in [0, 0.05) is 17.3 Å². The lowest BCUT2D eigenvalue weighted by Crippen LogP contribution is -2.14. The van der Waals surface area contributed by atoms with Gasteiger partial charge >= 0.3 is 0 Å². The molecule has 5 heteroatoms. The van der Waals surface area contributed by atoms with Crippen molar-refractivity contribution in [2.45, 2.75) is 20.3 Å². The molecule has 90 valence electrons. The first kappa shape index (κ1) is 11.7. The number of benzene rings is 1. The van der Waals surface area contributed by atoms with Crippen molar-refractivity contribution < 1.29 is 13.2 Å². The van der Waals surface area contributed by atoms with Gasteiger partial charge in [-0.1, -0.05) is 6.92 Å². The fraction of sp³-hybridized carbons (Fsp3) is 0.250. The molecule has 1 aromatic carbocycles. The van der Waals surface area contributed by atoms with Crippen LogP contribution in [0.2, 0.25) is 0 Å². The molecule has 0 atom stereocenters. The van der Waals surface area contributed by atoms with E-state index in [-0.39, 0.29) is 11.1 Å². The van der Waals surface area contributed by atoms with Crippen molar-refractivity contribution in [3.05, 3.63) is 45.0 Å². The molecule has 0 saturated heterocycles. The molecule has 0 spiro atoms. The van der Waals surface area contributed by atoms with E-state index in [1.54, 1.807) is 6.92 Å². The largest absolute Gasteiger partial charge is 0.355 e. The summed E-state index contributed by atoms with van der Waals surface area (Å²) in [5.41, 5.74) is -0.154. The van der Waals surface area contributed by atoms with Crippen LogP contribution >= 0.6 is 0 Å². The highest BCUT2D eigenvalue weighted by Crippen LogP contribution is 2.21. The van der Waals surface area contributed by atoms with Gasteiger partial charge in [0.2, 0.25) is 0 Å². The zero-order valence-electron chi connectivity index (χ0n) is 9.33. The standard InChI is InChI=1S/C12H10F3NO/c1-3-8-5(2)12(17)9-10(15)6(13)4-7(14)11(9)16-8/h4H,3H2,1-2H3,(H,16,17). The Morgan fingerprint density at radius 2 is 1.88 bits per heavy atom. The average molecular weight is 241 g/mol. The van der Waals surface area contributed by atoms with E-state index < -0.39 is 28.3 Å². The molecular formula is C12H10F3NO. The molecule has 0 amide bonds. The zero-order chi connectivity index (χ0) is 12.7. The Morgan fingerprint density at radius 1 is 1.24 bits per heavy atom. The number of aromatic amines is 1. The second-order valence-corrected chi connectivity index (χ2v) is 3.82. The van der Waals surface area contributed by atoms with Crippen molar-refractivity contribution in [3.8, 4) is 0 Å². The van der Waals surface area contributed by atoms with Crippen molar-refractivity contribution in [1.82, 2.24) is 4.98 Å². The number of H-pyrrole nitrogens is 1. The van der Waals surface area contributed by atoms with E-state index in [4.69, 9.17) is 0 Å². The van der Waals surface area contributed by atoms with Gasteiger partial charge in [0.15, 0.2) is 22.9 Å². The quantitative estimate of drug-likeness (QED) is 0.765. The number of aromatic nitrogens is 1. The van der Waals surface area contributed by atoms with Crippen molar-refractivity contribution in [3.63, 3.8) is 0 Å². The summed E-state index contributed by atoms with van der Waals surface area (Å²) in [4.78, 5) is 14.5. The van der Waals surface area contributed by atoms with Gasteiger partial charge in [-0.15, -0.1) is 0 Å². The van der Waals surface area contributed by atoms with E-state index >= 15 is 0 Å². The van der Waals surface area contributed by atoms with E-state index in [0.29, 0.717) is 18.2 Å². The number of fused-ring (bicyclic) bond motifs is 1. The molecule has 1 heterocycles. The van der Waals surface area contributed by atoms with Crippen LogP contribution in [0.25, 0.3) is 10.9 Å². The van der Waals surface area contributed by atoms with Crippen LogP contribution in [0.15, 0.2) is 10.9 Å². The van der Waals surface area contributed by atoms with Gasteiger partial charge in [-0.25, -0.2) is 13.2 Å². The number of rotatable bonds is 1. The van der Waals surface area contributed by atoms with Gasteiger partial charge in [0.1, 0.15) is 0 Å². The molecule has 0 radical (unpaired) electrons. The van der Waals surface area contributed by atoms with E-state index in [1.165, 1.54) is 6.92 Å². The van der Waals surface area contributed by atoms with Gasteiger partial charge in [-0.3, -0.25) is 4.79 Å². The second kappa shape index (κ2) is 3.91. The fourth-order valence-electron chi connectivity index (χ4n) is 1.85. The van der Waals surface area contributed by atoms with Crippen LogP contribution < -0.4 is 5.43 Å². The summed E-state index contributed by atoms with van der Waals surface area (Å²) in [5, 5.41) is -0.558. The molecule has 2 aromatic rings. The minimum absolute atomic E-state index is 0.281. The topological polar surface area (TPSA) is 32.9 Å².